The molecule has 0 aromatic rings. The van der Waals surface area contributed by atoms with E-state index in [2.05, 4.69) is 0 Å². The zero-order chi connectivity index (χ0) is 5.98. The molecule has 2 heteroatoms. The maximum atomic E-state index is 12.2. The summed E-state index contributed by atoms with van der Waals surface area (Å²) in [6.07, 6.45) is 0.716. The highest BCUT2D eigenvalue weighted by atomic mass is 19.1. The van der Waals surface area contributed by atoms with Crippen molar-refractivity contribution < 1.29 is 8.78 Å². The monoisotopic (exact) mass is 119 g/mol. The van der Waals surface area contributed by atoms with Crippen LogP contribution in [0.5, 0.6) is 0 Å². The highest BCUT2D eigenvalue weighted by Crippen LogP contribution is 2.28. The van der Waals surface area contributed by atoms with Gasteiger partial charge in [0.1, 0.15) is 12.3 Å². The molecule has 0 bridgehead atoms. The van der Waals surface area contributed by atoms with Crippen molar-refractivity contribution in [2.24, 2.45) is 0 Å². The molecule has 0 saturated heterocycles. The number of hydrogen-bond acceptors (Lipinski definition) is 0. The van der Waals surface area contributed by atoms with Crippen molar-refractivity contribution in [2.45, 2.75) is 31.9 Å². The molecule has 1 rings (SSSR count). The second-order valence-electron chi connectivity index (χ2n) is 2.19. The summed E-state index contributed by atoms with van der Waals surface area (Å²) in [5.74, 6) is 0. The SMILES string of the molecule is F[C]1CCC(F)CC1. The normalized spacial score (nSPS) is 26.2. The van der Waals surface area contributed by atoms with E-state index in [1.54, 1.807) is 0 Å². The fraction of sp³-hybridized carbons (Fsp3) is 0.833. The summed E-state index contributed by atoms with van der Waals surface area (Å²) in [5, 5.41) is 0. The fourth-order valence-electron chi connectivity index (χ4n) is 0.896. The van der Waals surface area contributed by atoms with Gasteiger partial charge in [0.05, 0.1) is 0 Å². The minimum Gasteiger partial charge on any atom is -0.247 e. The molecule has 0 spiro atoms. The number of halogens is 2. The Kier molecular flexibility index (Phi) is 1.81. The van der Waals surface area contributed by atoms with Crippen molar-refractivity contribution >= 4 is 0 Å². The molecule has 0 atom stereocenters. The molecular formula is C6H9F2. The quantitative estimate of drug-likeness (QED) is 0.459. The van der Waals surface area contributed by atoms with Crippen molar-refractivity contribution in [3.8, 4) is 0 Å². The molecule has 0 aromatic carbocycles. The van der Waals surface area contributed by atoms with E-state index in [9.17, 15) is 8.78 Å². The summed E-state index contributed by atoms with van der Waals surface area (Å²) in [5.41, 5.74) is 0. The van der Waals surface area contributed by atoms with Crippen LogP contribution in [0.2, 0.25) is 0 Å². The molecule has 0 unspecified atom stereocenters. The first-order valence-electron chi connectivity index (χ1n) is 2.93. The molecule has 0 heterocycles. The van der Waals surface area contributed by atoms with Crippen LogP contribution in [0, 0.1) is 6.17 Å². The van der Waals surface area contributed by atoms with Crippen LogP contribution in [-0.2, 0) is 0 Å². The molecule has 1 saturated carbocycles. The van der Waals surface area contributed by atoms with Crippen LogP contribution in [-0.4, -0.2) is 6.17 Å². The van der Waals surface area contributed by atoms with Gasteiger partial charge in [0.2, 0.25) is 0 Å². The van der Waals surface area contributed by atoms with Gasteiger partial charge in [-0.1, -0.05) is 0 Å². The van der Waals surface area contributed by atoms with E-state index < -0.39 is 6.17 Å². The Morgan fingerprint density at radius 2 is 1.75 bits per heavy atom. The molecular weight excluding hydrogens is 110 g/mol. The first kappa shape index (κ1) is 5.99. The van der Waals surface area contributed by atoms with Crippen LogP contribution >= 0.6 is 0 Å². The minimum absolute atomic E-state index is 0.0288. The highest BCUT2D eigenvalue weighted by Gasteiger charge is 2.20. The standard InChI is InChI=1S/C6H9F2/c7-5-1-2-6(8)4-3-5/h5H,1-4H2. The Morgan fingerprint density at radius 3 is 2.12 bits per heavy atom. The van der Waals surface area contributed by atoms with Crippen molar-refractivity contribution in [1.29, 1.82) is 0 Å². The summed E-state index contributed by atoms with van der Waals surface area (Å²) in [6.45, 7) is 0. The number of alkyl halides is 1. The van der Waals surface area contributed by atoms with Gasteiger partial charge in [0.25, 0.3) is 0 Å². The predicted molar refractivity (Wildman–Crippen MR) is 27.7 cm³/mol. The number of hydrogen-bond donors (Lipinski definition) is 0. The van der Waals surface area contributed by atoms with Crippen LogP contribution in [0.25, 0.3) is 0 Å². The second kappa shape index (κ2) is 2.42. The van der Waals surface area contributed by atoms with Crippen molar-refractivity contribution in [1.82, 2.24) is 0 Å². The van der Waals surface area contributed by atoms with Crippen molar-refractivity contribution in [2.75, 3.05) is 0 Å². The van der Waals surface area contributed by atoms with Crippen LogP contribution in [0.1, 0.15) is 25.7 Å². The molecule has 0 aromatic heterocycles. The van der Waals surface area contributed by atoms with Gasteiger partial charge in [-0.15, -0.1) is 0 Å². The lowest BCUT2D eigenvalue weighted by atomic mass is 9.97. The summed E-state index contributed by atoms with van der Waals surface area (Å²) >= 11 is 0. The molecule has 0 amide bonds. The molecule has 1 aliphatic carbocycles. The van der Waals surface area contributed by atoms with Gasteiger partial charge in [-0.2, -0.15) is 0 Å². The first-order valence-corrected chi connectivity index (χ1v) is 2.93. The number of rotatable bonds is 0. The Labute approximate surface area is 47.9 Å². The molecule has 1 aliphatic rings. The van der Waals surface area contributed by atoms with E-state index in [4.69, 9.17) is 0 Å². The molecule has 0 nitrogen and oxygen atoms in total. The van der Waals surface area contributed by atoms with Crippen LogP contribution in [0.4, 0.5) is 8.78 Å². The summed E-state index contributed by atoms with van der Waals surface area (Å²) in [4.78, 5) is 0. The average Bonchev–Trinajstić information content (AvgIpc) is 1.77. The third-order valence-corrected chi connectivity index (χ3v) is 1.46. The summed E-state index contributed by atoms with van der Waals surface area (Å²) in [7, 11) is 0. The van der Waals surface area contributed by atoms with Gasteiger partial charge < -0.3 is 0 Å². The van der Waals surface area contributed by atoms with Crippen molar-refractivity contribution in [3.63, 3.8) is 0 Å². The highest BCUT2D eigenvalue weighted by molar-refractivity contribution is 4.83. The zero-order valence-corrected chi connectivity index (χ0v) is 4.66. The first-order chi connectivity index (χ1) is 3.79. The molecule has 8 heavy (non-hydrogen) atoms. The topological polar surface area (TPSA) is 0 Å². The lowest BCUT2D eigenvalue weighted by molar-refractivity contribution is 0.226. The van der Waals surface area contributed by atoms with Gasteiger partial charge in [0.15, 0.2) is 0 Å². The van der Waals surface area contributed by atoms with Crippen LogP contribution in [0.3, 0.4) is 0 Å². The molecule has 1 fully saturated rings. The molecule has 47 valence electrons. The van der Waals surface area contributed by atoms with E-state index in [0.717, 1.165) is 0 Å². The van der Waals surface area contributed by atoms with Gasteiger partial charge in [0, 0.05) is 0 Å². The zero-order valence-electron chi connectivity index (χ0n) is 4.66. The minimum atomic E-state index is -0.741. The Hall–Kier alpha value is -0.140. The van der Waals surface area contributed by atoms with E-state index in [-0.39, 0.29) is 6.17 Å². The Morgan fingerprint density at radius 1 is 1.25 bits per heavy atom. The summed E-state index contributed by atoms with van der Waals surface area (Å²) in [6, 6.07) is 0. The maximum Gasteiger partial charge on any atom is 0.145 e. The lowest BCUT2D eigenvalue weighted by Crippen LogP contribution is -2.09. The second-order valence-corrected chi connectivity index (χ2v) is 2.19. The smallest absolute Gasteiger partial charge is 0.145 e. The lowest BCUT2D eigenvalue weighted by Gasteiger charge is -2.15. The van der Waals surface area contributed by atoms with E-state index in [1.807, 2.05) is 0 Å². The van der Waals surface area contributed by atoms with Crippen LogP contribution < -0.4 is 0 Å². The van der Waals surface area contributed by atoms with E-state index in [1.165, 1.54) is 0 Å². The average molecular weight is 119 g/mol. The van der Waals surface area contributed by atoms with Crippen molar-refractivity contribution in [3.05, 3.63) is 6.17 Å². The summed E-state index contributed by atoms with van der Waals surface area (Å²) < 4.78 is 24.3. The predicted octanol–water partition coefficient (Wildman–Crippen LogP) is 2.40. The van der Waals surface area contributed by atoms with Gasteiger partial charge in [-0.05, 0) is 25.7 Å². The Balaban J connectivity index is 2.19. The van der Waals surface area contributed by atoms with E-state index in [0.29, 0.717) is 25.7 Å². The third kappa shape index (κ3) is 1.42. The molecule has 1 radical (unpaired) electrons. The van der Waals surface area contributed by atoms with Gasteiger partial charge in [-0.3, -0.25) is 0 Å². The Bertz CT molecular complexity index is 54.9. The third-order valence-electron chi connectivity index (χ3n) is 1.46. The van der Waals surface area contributed by atoms with Gasteiger partial charge >= 0.3 is 0 Å². The molecule has 0 aliphatic heterocycles. The fourth-order valence-corrected chi connectivity index (χ4v) is 0.896. The largest absolute Gasteiger partial charge is 0.247 e. The van der Waals surface area contributed by atoms with Crippen LogP contribution in [0.15, 0.2) is 0 Å². The maximum absolute atomic E-state index is 12.2. The van der Waals surface area contributed by atoms with E-state index >= 15 is 0 Å². The molecule has 0 N–H and O–H groups in total. The van der Waals surface area contributed by atoms with Gasteiger partial charge in [-0.25, -0.2) is 8.78 Å².